The number of rotatable bonds is 4. The van der Waals surface area contributed by atoms with Crippen LogP contribution in [0.25, 0.3) is 21.7 Å². The summed E-state index contributed by atoms with van der Waals surface area (Å²) in [6.45, 7) is 2.31. The summed E-state index contributed by atoms with van der Waals surface area (Å²) in [7, 11) is 0. The molecule has 8 heteroatoms. The summed E-state index contributed by atoms with van der Waals surface area (Å²) in [6, 6.07) is 3.83. The van der Waals surface area contributed by atoms with Crippen molar-refractivity contribution in [3.05, 3.63) is 50.3 Å². The fraction of sp³-hybridized carbons (Fsp3) is 0.200. The van der Waals surface area contributed by atoms with Crippen molar-refractivity contribution in [1.29, 1.82) is 0 Å². The van der Waals surface area contributed by atoms with Gasteiger partial charge in [-0.25, -0.2) is 4.98 Å². The molecule has 0 saturated heterocycles. The Labute approximate surface area is 139 Å². The summed E-state index contributed by atoms with van der Waals surface area (Å²) in [5, 5.41) is 8.48. The zero-order chi connectivity index (χ0) is 15.8. The van der Waals surface area contributed by atoms with Crippen molar-refractivity contribution in [2.75, 3.05) is 0 Å². The van der Waals surface area contributed by atoms with Crippen molar-refractivity contribution in [2.45, 2.75) is 19.9 Å². The van der Waals surface area contributed by atoms with Gasteiger partial charge >= 0.3 is 0 Å². The molecule has 0 N–H and O–H groups in total. The van der Waals surface area contributed by atoms with Crippen LogP contribution in [0.5, 0.6) is 0 Å². The van der Waals surface area contributed by atoms with Gasteiger partial charge in [0.1, 0.15) is 4.83 Å². The van der Waals surface area contributed by atoms with Crippen LogP contribution in [0.2, 0.25) is 0 Å². The minimum Gasteiger partial charge on any atom is -0.334 e. The van der Waals surface area contributed by atoms with Crippen LogP contribution in [0.1, 0.15) is 17.6 Å². The topological polar surface area (TPSA) is 73.8 Å². The first-order chi connectivity index (χ1) is 11.2. The normalized spacial score (nSPS) is 11.3. The van der Waals surface area contributed by atoms with Gasteiger partial charge in [-0.1, -0.05) is 12.1 Å². The van der Waals surface area contributed by atoms with Gasteiger partial charge in [0.05, 0.1) is 23.8 Å². The van der Waals surface area contributed by atoms with Gasteiger partial charge in [-0.3, -0.25) is 9.36 Å². The Hall–Kier alpha value is -2.32. The van der Waals surface area contributed by atoms with E-state index in [0.29, 0.717) is 17.1 Å². The van der Waals surface area contributed by atoms with E-state index in [-0.39, 0.29) is 12.1 Å². The molecule has 0 amide bonds. The van der Waals surface area contributed by atoms with E-state index in [1.54, 1.807) is 29.0 Å². The molecule has 0 aliphatic carbocycles. The highest BCUT2D eigenvalue weighted by Crippen LogP contribution is 2.22. The highest BCUT2D eigenvalue weighted by molar-refractivity contribution is 7.18. The molecule has 0 radical (unpaired) electrons. The Balaban J connectivity index is 1.67. The van der Waals surface area contributed by atoms with Gasteiger partial charge in [-0.2, -0.15) is 16.3 Å². The Morgan fingerprint density at radius 3 is 3.09 bits per heavy atom. The van der Waals surface area contributed by atoms with E-state index in [1.807, 2.05) is 22.9 Å². The fourth-order valence-corrected chi connectivity index (χ4v) is 3.83. The standard InChI is InChI=1S/C15H12N4O2S2/c1-2-10-5-11-14(23-10)16-8-19(15(11)20)6-12-17-13(21-18-12)9-3-4-22-7-9/h3-5,7-8H,2,6H2,1H3. The highest BCUT2D eigenvalue weighted by atomic mass is 32.1. The largest absolute Gasteiger partial charge is 0.334 e. The average molecular weight is 344 g/mol. The lowest BCUT2D eigenvalue weighted by molar-refractivity contribution is 0.420. The van der Waals surface area contributed by atoms with Crippen molar-refractivity contribution in [3.63, 3.8) is 0 Å². The minimum atomic E-state index is -0.0761. The molecule has 23 heavy (non-hydrogen) atoms. The van der Waals surface area contributed by atoms with Crippen LogP contribution in [0.4, 0.5) is 0 Å². The molecule has 4 rings (SSSR count). The second-order valence-corrected chi connectivity index (χ2v) is 6.89. The molecule has 0 spiro atoms. The van der Waals surface area contributed by atoms with Crippen molar-refractivity contribution < 1.29 is 4.52 Å². The minimum absolute atomic E-state index is 0.0761. The average Bonchev–Trinajstić information content (AvgIpc) is 3.29. The van der Waals surface area contributed by atoms with Crippen LogP contribution in [-0.2, 0) is 13.0 Å². The third-order valence-electron chi connectivity index (χ3n) is 3.47. The van der Waals surface area contributed by atoms with Crippen molar-refractivity contribution in [1.82, 2.24) is 19.7 Å². The van der Waals surface area contributed by atoms with Gasteiger partial charge < -0.3 is 4.52 Å². The Kier molecular flexibility index (Phi) is 3.55. The second-order valence-electron chi connectivity index (χ2n) is 4.99. The molecule has 0 aromatic carbocycles. The molecule has 4 heterocycles. The predicted octanol–water partition coefficient (Wildman–Crippen LogP) is 3.18. The van der Waals surface area contributed by atoms with E-state index in [2.05, 4.69) is 22.0 Å². The lowest BCUT2D eigenvalue weighted by Crippen LogP contribution is -2.21. The molecular formula is C15H12N4O2S2. The van der Waals surface area contributed by atoms with Crippen LogP contribution in [-0.4, -0.2) is 19.7 Å². The first-order valence-electron chi connectivity index (χ1n) is 7.07. The van der Waals surface area contributed by atoms with Gasteiger partial charge in [-0.05, 0) is 23.9 Å². The summed E-state index contributed by atoms with van der Waals surface area (Å²) in [4.78, 5) is 23.2. The third kappa shape index (κ3) is 2.60. The Morgan fingerprint density at radius 1 is 1.39 bits per heavy atom. The molecule has 0 bridgehead atoms. The zero-order valence-corrected chi connectivity index (χ0v) is 13.9. The van der Waals surface area contributed by atoms with E-state index in [4.69, 9.17) is 4.52 Å². The van der Waals surface area contributed by atoms with Crippen LogP contribution in [0, 0.1) is 0 Å². The van der Waals surface area contributed by atoms with Gasteiger partial charge in [0, 0.05) is 10.3 Å². The maximum atomic E-state index is 12.5. The summed E-state index contributed by atoms with van der Waals surface area (Å²) >= 11 is 3.12. The second kappa shape index (κ2) is 5.71. The third-order valence-corrected chi connectivity index (χ3v) is 5.34. The van der Waals surface area contributed by atoms with Crippen LogP contribution >= 0.6 is 22.7 Å². The SMILES string of the molecule is CCc1cc2c(=O)n(Cc3noc(-c4ccsc4)n3)cnc2s1. The van der Waals surface area contributed by atoms with Gasteiger partial charge in [0.2, 0.25) is 0 Å². The molecule has 0 aliphatic heterocycles. The smallest absolute Gasteiger partial charge is 0.262 e. The monoisotopic (exact) mass is 344 g/mol. The van der Waals surface area contributed by atoms with E-state index in [0.717, 1.165) is 21.7 Å². The van der Waals surface area contributed by atoms with Crippen molar-refractivity contribution >= 4 is 32.9 Å². The molecule has 0 atom stereocenters. The van der Waals surface area contributed by atoms with Crippen LogP contribution < -0.4 is 5.56 Å². The zero-order valence-electron chi connectivity index (χ0n) is 12.2. The quantitative estimate of drug-likeness (QED) is 0.568. The number of hydrogen-bond acceptors (Lipinski definition) is 7. The van der Waals surface area contributed by atoms with E-state index in [1.165, 1.54) is 4.57 Å². The lowest BCUT2D eigenvalue weighted by Gasteiger charge is -2.00. The van der Waals surface area contributed by atoms with Crippen LogP contribution in [0.3, 0.4) is 0 Å². The summed E-state index contributed by atoms with van der Waals surface area (Å²) in [6.07, 6.45) is 2.44. The number of aryl methyl sites for hydroxylation is 1. The molecule has 0 aliphatic rings. The number of nitrogens with zero attached hydrogens (tertiary/aromatic N) is 4. The first kappa shape index (κ1) is 14.3. The van der Waals surface area contributed by atoms with E-state index < -0.39 is 0 Å². The molecule has 4 aromatic heterocycles. The maximum absolute atomic E-state index is 12.5. The van der Waals surface area contributed by atoms with Gasteiger partial charge in [0.25, 0.3) is 11.4 Å². The Morgan fingerprint density at radius 2 is 2.30 bits per heavy atom. The number of thiophene rings is 2. The highest BCUT2D eigenvalue weighted by Gasteiger charge is 2.12. The molecular weight excluding hydrogens is 332 g/mol. The van der Waals surface area contributed by atoms with Crippen molar-refractivity contribution in [2.24, 2.45) is 0 Å². The number of fused-ring (bicyclic) bond motifs is 1. The molecule has 0 saturated carbocycles. The summed E-state index contributed by atoms with van der Waals surface area (Å²) in [5.74, 6) is 0.924. The molecule has 4 aromatic rings. The molecule has 116 valence electrons. The van der Waals surface area contributed by atoms with Crippen molar-refractivity contribution in [3.8, 4) is 11.5 Å². The molecule has 6 nitrogen and oxygen atoms in total. The lowest BCUT2D eigenvalue weighted by atomic mass is 10.3. The molecule has 0 fully saturated rings. The Bertz CT molecular complexity index is 1010. The van der Waals surface area contributed by atoms with Gasteiger partial charge in [-0.15, -0.1) is 11.3 Å². The van der Waals surface area contributed by atoms with Gasteiger partial charge in [0.15, 0.2) is 5.82 Å². The summed E-state index contributed by atoms with van der Waals surface area (Å²) in [5.41, 5.74) is 0.813. The number of hydrogen-bond donors (Lipinski definition) is 0. The number of aromatic nitrogens is 4. The summed E-state index contributed by atoms with van der Waals surface area (Å²) < 4.78 is 6.75. The predicted molar refractivity (Wildman–Crippen MR) is 90.0 cm³/mol. The van der Waals surface area contributed by atoms with E-state index >= 15 is 0 Å². The maximum Gasteiger partial charge on any atom is 0.262 e. The van der Waals surface area contributed by atoms with E-state index in [9.17, 15) is 4.79 Å². The first-order valence-corrected chi connectivity index (χ1v) is 8.83. The van der Waals surface area contributed by atoms with Crippen LogP contribution in [0.15, 0.2) is 38.5 Å². The fourth-order valence-electron chi connectivity index (χ4n) is 2.27. The molecule has 0 unspecified atom stereocenters.